The third-order valence-electron chi connectivity index (χ3n) is 4.10. The van der Waals surface area contributed by atoms with E-state index in [9.17, 15) is 0 Å². The zero-order chi connectivity index (χ0) is 15.2. The van der Waals surface area contributed by atoms with Gasteiger partial charge in [0.15, 0.2) is 0 Å². The molecule has 0 heterocycles. The van der Waals surface area contributed by atoms with Gasteiger partial charge < -0.3 is 10.1 Å². The van der Waals surface area contributed by atoms with E-state index in [1.54, 1.807) is 0 Å². The largest absolute Gasteiger partial charge is 0.490 e. The Balaban J connectivity index is 2.15. The third-order valence-corrected chi connectivity index (χ3v) is 4.56. The van der Waals surface area contributed by atoms with E-state index in [0.29, 0.717) is 12.1 Å². The Kier molecular flexibility index (Phi) is 6.56. The molecule has 2 nitrogen and oxygen atoms in total. The molecule has 1 aliphatic rings. The molecule has 0 aromatic heterocycles. The lowest BCUT2D eigenvalue weighted by molar-refractivity contribution is 0.180. The Morgan fingerprint density at radius 2 is 1.86 bits per heavy atom. The minimum Gasteiger partial charge on any atom is -0.490 e. The van der Waals surface area contributed by atoms with Crippen molar-refractivity contribution in [2.75, 3.05) is 0 Å². The summed E-state index contributed by atoms with van der Waals surface area (Å²) >= 11 is 3.61. The number of benzene rings is 1. The Labute approximate surface area is 137 Å². The number of rotatable bonds is 5. The molecule has 21 heavy (non-hydrogen) atoms. The van der Waals surface area contributed by atoms with E-state index in [1.807, 2.05) is 0 Å². The van der Waals surface area contributed by atoms with Crippen molar-refractivity contribution in [3.63, 3.8) is 0 Å². The van der Waals surface area contributed by atoms with E-state index < -0.39 is 0 Å². The summed E-state index contributed by atoms with van der Waals surface area (Å²) in [7, 11) is 0. The van der Waals surface area contributed by atoms with Crippen LogP contribution in [0.15, 0.2) is 16.6 Å². The van der Waals surface area contributed by atoms with Gasteiger partial charge in [-0.25, -0.2) is 0 Å². The maximum Gasteiger partial charge on any atom is 0.127 e. The minimum atomic E-state index is 0.394. The Morgan fingerprint density at radius 1 is 1.19 bits per heavy atom. The topological polar surface area (TPSA) is 21.3 Å². The SMILES string of the molecule is Cc1cc(Br)cc(CNC(C)C)c1OC1CCCCCC1. The molecule has 1 aromatic carbocycles. The van der Waals surface area contributed by atoms with E-state index in [4.69, 9.17) is 4.74 Å². The van der Waals surface area contributed by atoms with Crippen LogP contribution in [-0.4, -0.2) is 12.1 Å². The summed E-state index contributed by atoms with van der Waals surface area (Å²) < 4.78 is 7.56. The lowest BCUT2D eigenvalue weighted by Crippen LogP contribution is -2.23. The maximum atomic E-state index is 6.42. The van der Waals surface area contributed by atoms with E-state index in [0.717, 1.165) is 16.8 Å². The Bertz CT molecular complexity index is 451. The Morgan fingerprint density at radius 3 is 2.48 bits per heavy atom. The fourth-order valence-electron chi connectivity index (χ4n) is 2.94. The van der Waals surface area contributed by atoms with Gasteiger partial charge in [0.2, 0.25) is 0 Å². The minimum absolute atomic E-state index is 0.394. The third kappa shape index (κ3) is 5.30. The summed E-state index contributed by atoms with van der Waals surface area (Å²) in [6, 6.07) is 4.83. The molecule has 0 aliphatic heterocycles. The summed E-state index contributed by atoms with van der Waals surface area (Å²) in [5, 5.41) is 3.51. The highest BCUT2D eigenvalue weighted by atomic mass is 79.9. The lowest BCUT2D eigenvalue weighted by atomic mass is 10.1. The van der Waals surface area contributed by atoms with E-state index in [1.165, 1.54) is 49.7 Å². The summed E-state index contributed by atoms with van der Waals surface area (Å²) in [5.74, 6) is 1.10. The van der Waals surface area contributed by atoms with Gasteiger partial charge in [-0.15, -0.1) is 0 Å². The van der Waals surface area contributed by atoms with Gasteiger partial charge in [-0.3, -0.25) is 0 Å². The number of hydrogen-bond donors (Lipinski definition) is 1. The monoisotopic (exact) mass is 353 g/mol. The van der Waals surface area contributed by atoms with E-state index in [-0.39, 0.29) is 0 Å². The average Bonchev–Trinajstić information content (AvgIpc) is 2.68. The van der Waals surface area contributed by atoms with Gasteiger partial charge in [0.05, 0.1) is 6.10 Å². The van der Waals surface area contributed by atoms with Crippen LogP contribution in [0.5, 0.6) is 5.75 Å². The van der Waals surface area contributed by atoms with Gasteiger partial charge in [0.1, 0.15) is 5.75 Å². The van der Waals surface area contributed by atoms with Crippen LogP contribution in [0.3, 0.4) is 0 Å². The number of halogens is 1. The molecule has 0 unspecified atom stereocenters. The second kappa shape index (κ2) is 8.19. The van der Waals surface area contributed by atoms with Crippen molar-refractivity contribution in [3.8, 4) is 5.75 Å². The predicted molar refractivity (Wildman–Crippen MR) is 93.0 cm³/mol. The van der Waals surface area contributed by atoms with Crippen LogP contribution in [0.1, 0.15) is 63.5 Å². The number of nitrogens with one attached hydrogen (secondary N) is 1. The standard InChI is InChI=1S/C18H28BrNO/c1-13(2)20-12-15-11-16(19)10-14(3)18(15)21-17-8-6-4-5-7-9-17/h10-11,13,17,20H,4-9,12H2,1-3H3. The summed E-state index contributed by atoms with van der Waals surface area (Å²) in [6.07, 6.45) is 8.13. The smallest absolute Gasteiger partial charge is 0.127 e. The molecule has 3 heteroatoms. The van der Waals surface area contributed by atoms with Gasteiger partial charge in [-0.05, 0) is 50.3 Å². The average molecular weight is 354 g/mol. The zero-order valence-corrected chi connectivity index (χ0v) is 15.1. The second-order valence-electron chi connectivity index (χ2n) is 6.48. The van der Waals surface area contributed by atoms with E-state index in [2.05, 4.69) is 54.2 Å². The Hall–Kier alpha value is -0.540. The van der Waals surface area contributed by atoms with Gasteiger partial charge >= 0.3 is 0 Å². The first-order chi connectivity index (χ1) is 10.1. The van der Waals surface area contributed by atoms with Crippen molar-refractivity contribution >= 4 is 15.9 Å². The first-order valence-electron chi connectivity index (χ1n) is 8.25. The van der Waals surface area contributed by atoms with Crippen molar-refractivity contribution in [3.05, 3.63) is 27.7 Å². The molecule has 1 aromatic rings. The summed E-state index contributed by atoms with van der Waals surface area (Å²) in [6.45, 7) is 7.36. The number of ether oxygens (including phenoxy) is 1. The van der Waals surface area contributed by atoms with Crippen LogP contribution in [0.25, 0.3) is 0 Å². The lowest BCUT2D eigenvalue weighted by Gasteiger charge is -2.22. The van der Waals surface area contributed by atoms with Crippen LogP contribution in [0.4, 0.5) is 0 Å². The molecule has 1 N–H and O–H groups in total. The van der Waals surface area contributed by atoms with Crippen molar-refractivity contribution in [2.45, 2.75) is 78.0 Å². The highest BCUT2D eigenvalue weighted by Crippen LogP contribution is 2.31. The molecule has 0 bridgehead atoms. The summed E-state index contributed by atoms with van der Waals surface area (Å²) in [4.78, 5) is 0. The highest BCUT2D eigenvalue weighted by molar-refractivity contribution is 9.10. The molecule has 1 aliphatic carbocycles. The molecule has 0 atom stereocenters. The molecular formula is C18H28BrNO. The molecule has 2 rings (SSSR count). The molecular weight excluding hydrogens is 326 g/mol. The van der Waals surface area contributed by atoms with E-state index >= 15 is 0 Å². The maximum absolute atomic E-state index is 6.42. The van der Waals surface area contributed by atoms with Crippen LogP contribution >= 0.6 is 15.9 Å². The summed E-state index contributed by atoms with van der Waals surface area (Å²) in [5.41, 5.74) is 2.49. The quantitative estimate of drug-likeness (QED) is 0.719. The normalized spacial score (nSPS) is 17.0. The van der Waals surface area contributed by atoms with Crippen molar-refractivity contribution in [1.29, 1.82) is 0 Å². The molecule has 0 amide bonds. The molecule has 0 spiro atoms. The molecule has 1 fully saturated rings. The molecule has 0 saturated heterocycles. The fourth-order valence-corrected chi connectivity index (χ4v) is 3.56. The van der Waals surface area contributed by atoms with Gasteiger partial charge in [-0.2, -0.15) is 0 Å². The highest BCUT2D eigenvalue weighted by Gasteiger charge is 2.17. The van der Waals surface area contributed by atoms with Crippen molar-refractivity contribution in [2.24, 2.45) is 0 Å². The van der Waals surface area contributed by atoms with Crippen LogP contribution in [-0.2, 0) is 6.54 Å². The van der Waals surface area contributed by atoms with Crippen LogP contribution in [0.2, 0.25) is 0 Å². The van der Waals surface area contributed by atoms with Crippen LogP contribution < -0.4 is 10.1 Å². The van der Waals surface area contributed by atoms with Gasteiger partial charge in [0, 0.05) is 22.6 Å². The first-order valence-corrected chi connectivity index (χ1v) is 9.04. The predicted octanol–water partition coefficient (Wildman–Crippen LogP) is 5.36. The number of aryl methyl sites for hydroxylation is 1. The molecule has 0 radical (unpaired) electrons. The molecule has 1 saturated carbocycles. The van der Waals surface area contributed by atoms with Gasteiger partial charge in [-0.1, -0.05) is 42.6 Å². The first kappa shape index (κ1) is 16.8. The van der Waals surface area contributed by atoms with Crippen molar-refractivity contribution < 1.29 is 4.74 Å². The second-order valence-corrected chi connectivity index (χ2v) is 7.39. The number of hydrogen-bond acceptors (Lipinski definition) is 2. The zero-order valence-electron chi connectivity index (χ0n) is 13.5. The van der Waals surface area contributed by atoms with Crippen LogP contribution in [0, 0.1) is 6.92 Å². The van der Waals surface area contributed by atoms with Gasteiger partial charge in [0.25, 0.3) is 0 Å². The fraction of sp³-hybridized carbons (Fsp3) is 0.667. The molecule has 118 valence electrons. The van der Waals surface area contributed by atoms with Crippen molar-refractivity contribution in [1.82, 2.24) is 5.32 Å².